The third-order valence-electron chi connectivity index (χ3n) is 5.78. The SMILES string of the molecule is Cc1nnc(N2C(=O)c3oc4cc(C)c(C)cc4c(=O)c3C2c2ccc(OC(C)C)cc2)s1. The van der Waals surface area contributed by atoms with E-state index in [9.17, 15) is 9.59 Å². The Morgan fingerprint density at radius 2 is 1.73 bits per heavy atom. The van der Waals surface area contributed by atoms with Crippen molar-refractivity contribution in [2.45, 2.75) is 46.8 Å². The summed E-state index contributed by atoms with van der Waals surface area (Å²) in [6, 6.07) is 10.4. The summed E-state index contributed by atoms with van der Waals surface area (Å²) in [4.78, 5) is 28.8. The Hall–Kier alpha value is -3.52. The van der Waals surface area contributed by atoms with Crippen LogP contribution in [0.15, 0.2) is 45.6 Å². The van der Waals surface area contributed by atoms with E-state index in [4.69, 9.17) is 9.15 Å². The van der Waals surface area contributed by atoms with Gasteiger partial charge in [0.2, 0.25) is 10.9 Å². The molecule has 1 amide bonds. The zero-order valence-corrected chi connectivity index (χ0v) is 19.8. The van der Waals surface area contributed by atoms with Crippen LogP contribution in [-0.2, 0) is 0 Å². The Morgan fingerprint density at radius 1 is 1.03 bits per heavy atom. The van der Waals surface area contributed by atoms with Crippen molar-refractivity contribution in [1.82, 2.24) is 10.2 Å². The van der Waals surface area contributed by atoms with Crippen molar-refractivity contribution in [2.75, 3.05) is 4.90 Å². The van der Waals surface area contributed by atoms with Crippen molar-refractivity contribution < 1.29 is 13.9 Å². The summed E-state index contributed by atoms with van der Waals surface area (Å²) in [5.41, 5.74) is 3.26. The Balaban J connectivity index is 1.74. The molecule has 5 rings (SSSR count). The topological polar surface area (TPSA) is 85.5 Å². The summed E-state index contributed by atoms with van der Waals surface area (Å²) < 4.78 is 11.8. The first-order valence-corrected chi connectivity index (χ1v) is 11.5. The number of benzene rings is 2. The van der Waals surface area contributed by atoms with Gasteiger partial charge in [-0.25, -0.2) is 0 Å². The minimum Gasteiger partial charge on any atom is -0.491 e. The largest absolute Gasteiger partial charge is 0.491 e. The lowest BCUT2D eigenvalue weighted by Crippen LogP contribution is -2.29. The summed E-state index contributed by atoms with van der Waals surface area (Å²) in [5, 5.41) is 9.89. The van der Waals surface area contributed by atoms with Crippen LogP contribution in [0.1, 0.15) is 57.7 Å². The molecule has 2 aromatic carbocycles. The first-order valence-electron chi connectivity index (χ1n) is 10.7. The number of ether oxygens (including phenoxy) is 1. The fourth-order valence-electron chi connectivity index (χ4n) is 4.13. The minimum atomic E-state index is -0.671. The second-order valence-electron chi connectivity index (χ2n) is 8.52. The lowest BCUT2D eigenvalue weighted by atomic mass is 9.97. The fourth-order valence-corrected chi connectivity index (χ4v) is 4.84. The number of rotatable bonds is 4. The molecule has 0 spiro atoms. The predicted molar refractivity (Wildman–Crippen MR) is 127 cm³/mol. The van der Waals surface area contributed by atoms with E-state index in [1.54, 1.807) is 0 Å². The van der Waals surface area contributed by atoms with Crippen LogP contribution in [0.4, 0.5) is 5.13 Å². The van der Waals surface area contributed by atoms with Crippen LogP contribution < -0.4 is 15.1 Å². The molecule has 0 N–H and O–H groups in total. The molecule has 1 unspecified atom stereocenters. The van der Waals surface area contributed by atoms with Crippen molar-refractivity contribution in [3.63, 3.8) is 0 Å². The summed E-state index contributed by atoms with van der Waals surface area (Å²) >= 11 is 1.30. The van der Waals surface area contributed by atoms with Crippen LogP contribution in [-0.4, -0.2) is 22.2 Å². The van der Waals surface area contributed by atoms with Crippen LogP contribution >= 0.6 is 11.3 Å². The number of hydrogen-bond donors (Lipinski definition) is 0. The van der Waals surface area contributed by atoms with Gasteiger partial charge in [0.25, 0.3) is 5.91 Å². The molecule has 1 aliphatic heterocycles. The van der Waals surface area contributed by atoms with E-state index in [2.05, 4.69) is 10.2 Å². The van der Waals surface area contributed by atoms with Crippen molar-refractivity contribution in [3.05, 3.63) is 79.6 Å². The van der Waals surface area contributed by atoms with Crippen LogP contribution in [0.25, 0.3) is 11.0 Å². The van der Waals surface area contributed by atoms with Crippen molar-refractivity contribution in [2.24, 2.45) is 0 Å². The quantitative estimate of drug-likeness (QED) is 0.420. The number of carbonyl (C=O) groups excluding carboxylic acids is 1. The van der Waals surface area contributed by atoms with E-state index in [1.807, 2.05) is 71.0 Å². The predicted octanol–water partition coefficient (Wildman–Crippen LogP) is 5.11. The summed E-state index contributed by atoms with van der Waals surface area (Å²) in [7, 11) is 0. The molecule has 1 atom stereocenters. The number of carbonyl (C=O) groups is 1. The fraction of sp³-hybridized carbons (Fsp3) is 0.280. The van der Waals surface area contributed by atoms with Gasteiger partial charge in [0, 0.05) is 0 Å². The highest BCUT2D eigenvalue weighted by molar-refractivity contribution is 7.15. The maximum absolute atomic E-state index is 13.7. The molecule has 33 heavy (non-hydrogen) atoms. The average molecular weight is 462 g/mol. The van der Waals surface area contributed by atoms with Crippen molar-refractivity contribution in [3.8, 4) is 5.75 Å². The number of fused-ring (bicyclic) bond motifs is 2. The molecule has 1 aliphatic rings. The van der Waals surface area contributed by atoms with Gasteiger partial charge >= 0.3 is 0 Å². The first-order chi connectivity index (χ1) is 15.7. The summed E-state index contributed by atoms with van der Waals surface area (Å²) in [6.45, 7) is 9.64. The highest BCUT2D eigenvalue weighted by Crippen LogP contribution is 2.42. The van der Waals surface area contributed by atoms with Crippen LogP contribution in [0.3, 0.4) is 0 Å². The molecule has 0 saturated carbocycles. The van der Waals surface area contributed by atoms with E-state index in [0.29, 0.717) is 27.4 Å². The van der Waals surface area contributed by atoms with Crippen LogP contribution in [0.5, 0.6) is 5.75 Å². The zero-order chi connectivity index (χ0) is 23.4. The maximum Gasteiger partial charge on any atom is 0.297 e. The molecule has 0 radical (unpaired) electrons. The highest BCUT2D eigenvalue weighted by atomic mass is 32.1. The summed E-state index contributed by atoms with van der Waals surface area (Å²) in [5.74, 6) is 0.371. The van der Waals surface area contributed by atoms with Gasteiger partial charge in [-0.15, -0.1) is 10.2 Å². The van der Waals surface area contributed by atoms with Crippen LogP contribution in [0.2, 0.25) is 0 Å². The molecule has 8 heteroatoms. The molecule has 0 bridgehead atoms. The van der Waals surface area contributed by atoms with E-state index < -0.39 is 11.9 Å². The molecular weight excluding hydrogens is 438 g/mol. The Labute approximate surface area is 194 Å². The molecular formula is C25H23N3O4S. The first kappa shape index (κ1) is 21.3. The van der Waals surface area contributed by atoms with Gasteiger partial charge in [0.15, 0.2) is 5.43 Å². The van der Waals surface area contributed by atoms with Gasteiger partial charge in [-0.2, -0.15) is 0 Å². The molecule has 2 aromatic heterocycles. The van der Waals surface area contributed by atoms with E-state index >= 15 is 0 Å². The van der Waals surface area contributed by atoms with E-state index in [0.717, 1.165) is 21.7 Å². The Morgan fingerprint density at radius 3 is 2.36 bits per heavy atom. The minimum absolute atomic E-state index is 0.0376. The van der Waals surface area contributed by atoms with E-state index in [1.165, 1.54) is 16.2 Å². The maximum atomic E-state index is 13.7. The molecule has 0 saturated heterocycles. The van der Waals surface area contributed by atoms with Gasteiger partial charge in [-0.1, -0.05) is 23.5 Å². The van der Waals surface area contributed by atoms with Crippen molar-refractivity contribution >= 4 is 33.3 Å². The molecule has 0 aliphatic carbocycles. The lowest BCUT2D eigenvalue weighted by molar-refractivity contribution is 0.0970. The number of aryl methyl sites for hydroxylation is 3. The van der Waals surface area contributed by atoms with Gasteiger partial charge in [0.05, 0.1) is 23.1 Å². The zero-order valence-electron chi connectivity index (χ0n) is 19.0. The number of amides is 1. The average Bonchev–Trinajstić information content (AvgIpc) is 3.31. The lowest BCUT2D eigenvalue weighted by Gasteiger charge is -2.22. The molecule has 0 fully saturated rings. The monoisotopic (exact) mass is 461 g/mol. The molecule has 4 aromatic rings. The normalized spacial score (nSPS) is 15.5. The molecule has 7 nitrogen and oxygen atoms in total. The number of nitrogens with zero attached hydrogens (tertiary/aromatic N) is 3. The highest BCUT2D eigenvalue weighted by Gasteiger charge is 2.45. The Bertz CT molecular complexity index is 1450. The second kappa shape index (κ2) is 7.81. The van der Waals surface area contributed by atoms with Crippen LogP contribution in [0, 0.1) is 20.8 Å². The molecule has 168 valence electrons. The van der Waals surface area contributed by atoms with Crippen molar-refractivity contribution in [1.29, 1.82) is 0 Å². The van der Waals surface area contributed by atoms with Gasteiger partial charge in [-0.05, 0) is 75.6 Å². The van der Waals surface area contributed by atoms with Gasteiger partial charge in [-0.3, -0.25) is 14.5 Å². The van der Waals surface area contributed by atoms with Gasteiger partial charge in [0.1, 0.15) is 16.3 Å². The van der Waals surface area contributed by atoms with Gasteiger partial charge < -0.3 is 9.15 Å². The Kier molecular flexibility index (Phi) is 5.05. The van der Waals surface area contributed by atoms with E-state index in [-0.39, 0.29) is 17.3 Å². The third kappa shape index (κ3) is 3.51. The third-order valence-corrected chi connectivity index (χ3v) is 6.61. The number of anilines is 1. The number of aromatic nitrogens is 2. The standard InChI is InChI=1S/C25H23N3O4S/c1-12(2)31-17-8-6-16(7-9-17)21-20-22(29)18-10-13(3)14(4)11-19(18)32-23(20)24(30)28(21)25-27-26-15(5)33-25/h6-12,21H,1-5H3. The number of hydrogen-bond acceptors (Lipinski definition) is 7. The smallest absolute Gasteiger partial charge is 0.297 e. The molecule has 3 heterocycles. The summed E-state index contributed by atoms with van der Waals surface area (Å²) in [6.07, 6.45) is 0.0376. The second-order valence-corrected chi connectivity index (χ2v) is 9.68.